The molecule has 3 aromatic carbocycles. The molecule has 1 aliphatic heterocycles. The van der Waals surface area contributed by atoms with Gasteiger partial charge in [-0.2, -0.15) is 0 Å². The summed E-state index contributed by atoms with van der Waals surface area (Å²) in [5, 5.41) is 23.3. The van der Waals surface area contributed by atoms with Crippen LogP contribution in [0.25, 0.3) is 5.32 Å². The Balaban J connectivity index is 0.00000324. The molecule has 1 aliphatic rings. The van der Waals surface area contributed by atoms with Crippen molar-refractivity contribution in [3.63, 3.8) is 0 Å². The number of rotatable bonds is 8. The molecule has 4 rings (SSSR count). The van der Waals surface area contributed by atoms with Crippen LogP contribution in [-0.4, -0.2) is 52.2 Å². The first-order valence-corrected chi connectivity index (χ1v) is 11.2. The number of amides is 1. The number of hydrogen-bond acceptors (Lipinski definition) is 5. The van der Waals surface area contributed by atoms with Crippen molar-refractivity contribution in [2.24, 2.45) is 4.99 Å². The van der Waals surface area contributed by atoms with Gasteiger partial charge in [0.15, 0.2) is 6.29 Å². The average molecular weight is 501 g/mol. The van der Waals surface area contributed by atoms with E-state index in [9.17, 15) is 15.0 Å². The number of benzene rings is 3. The topological polar surface area (TPSA) is 87.2 Å². The fourth-order valence-corrected chi connectivity index (χ4v) is 4.18. The van der Waals surface area contributed by atoms with Crippen molar-refractivity contribution in [3.05, 3.63) is 107 Å². The average Bonchev–Trinajstić information content (AvgIpc) is 3.29. The number of aliphatic hydroxyl groups excluding tert-OH is 1. The number of para-hydroxylation sites is 1. The molecule has 7 heteroatoms. The van der Waals surface area contributed by atoms with E-state index in [0.29, 0.717) is 17.0 Å². The maximum absolute atomic E-state index is 13.3. The Bertz CT molecular complexity index is 1090. The molecule has 34 heavy (non-hydrogen) atoms. The van der Waals surface area contributed by atoms with Gasteiger partial charge in [0.25, 0.3) is 0 Å². The van der Waals surface area contributed by atoms with Crippen LogP contribution in [0.5, 0.6) is 0 Å². The number of carbonyl (C=O) groups is 1. The molecule has 0 spiro atoms. The van der Waals surface area contributed by atoms with Crippen molar-refractivity contribution in [2.75, 3.05) is 13.1 Å². The Morgan fingerprint density at radius 2 is 1.62 bits per heavy atom. The number of aliphatic hydroxyl groups is 2. The van der Waals surface area contributed by atoms with Gasteiger partial charge in [0.2, 0.25) is 0 Å². The Morgan fingerprint density at radius 1 is 0.971 bits per heavy atom. The van der Waals surface area contributed by atoms with Crippen LogP contribution in [0.15, 0.2) is 89.9 Å². The van der Waals surface area contributed by atoms with Crippen LogP contribution in [0, 0.1) is 0 Å². The zero-order valence-corrected chi connectivity index (χ0v) is 19.7. The number of carbonyl (C=O) groups excluding carboxylic acids is 1. The van der Waals surface area contributed by atoms with Crippen molar-refractivity contribution in [2.45, 2.75) is 31.7 Å². The predicted molar refractivity (Wildman–Crippen MR) is 130 cm³/mol. The van der Waals surface area contributed by atoms with Crippen molar-refractivity contribution < 1.29 is 31.5 Å². The zero-order chi connectivity index (χ0) is 23.0. The molecule has 1 atom stereocenters. The van der Waals surface area contributed by atoms with E-state index in [1.54, 1.807) is 6.07 Å². The Morgan fingerprint density at radius 3 is 2.32 bits per heavy atom. The molecule has 1 heterocycles. The first-order valence-electron chi connectivity index (χ1n) is 11.2. The predicted octanol–water partition coefficient (Wildman–Crippen LogP) is 4.03. The minimum absolute atomic E-state index is 0. The maximum Gasteiger partial charge on any atom is 2.00 e. The molecule has 0 radical (unpaired) electrons. The molecule has 0 aromatic heterocycles. The van der Waals surface area contributed by atoms with Crippen LogP contribution in [-0.2, 0) is 27.8 Å². The van der Waals surface area contributed by atoms with Gasteiger partial charge in [-0.25, -0.2) is 0 Å². The van der Waals surface area contributed by atoms with Gasteiger partial charge in [0.05, 0.1) is 24.2 Å². The third-order valence-corrected chi connectivity index (χ3v) is 5.73. The number of nitrogens with zero attached hydrogens (tertiary/aromatic N) is 3. The molecule has 178 valence electrons. The van der Waals surface area contributed by atoms with Gasteiger partial charge in [-0.15, -0.1) is 5.69 Å². The van der Waals surface area contributed by atoms with Crippen molar-refractivity contribution in [3.8, 4) is 0 Å². The van der Waals surface area contributed by atoms with E-state index in [-0.39, 0.29) is 35.0 Å². The van der Waals surface area contributed by atoms with Crippen LogP contribution >= 0.6 is 0 Å². The van der Waals surface area contributed by atoms with Gasteiger partial charge in [0, 0.05) is 12.1 Å². The summed E-state index contributed by atoms with van der Waals surface area (Å²) < 4.78 is 0. The van der Waals surface area contributed by atoms with Crippen LogP contribution in [0.1, 0.15) is 29.5 Å². The summed E-state index contributed by atoms with van der Waals surface area (Å²) >= 11 is 0. The van der Waals surface area contributed by atoms with Crippen LogP contribution < -0.4 is 0 Å². The summed E-state index contributed by atoms with van der Waals surface area (Å²) in [5.74, 6) is -0.162. The van der Waals surface area contributed by atoms with E-state index in [0.717, 1.165) is 31.5 Å². The molecule has 6 nitrogen and oxygen atoms in total. The third-order valence-electron chi connectivity index (χ3n) is 5.73. The number of likely N-dealkylation sites (tertiary alicyclic amines) is 1. The van der Waals surface area contributed by atoms with E-state index in [1.807, 2.05) is 66.7 Å². The third kappa shape index (κ3) is 6.61. The second kappa shape index (κ2) is 12.6. The SMILES string of the molecule is O=C([N-]c1ccccc1C(=NCC(O)O)c1ccccc1)[C@@H]1CCCN1Cc1ccccc1.[Ni+2]. The summed E-state index contributed by atoms with van der Waals surface area (Å²) in [5.41, 5.74) is 3.79. The molecule has 1 fully saturated rings. The maximum atomic E-state index is 13.3. The van der Waals surface area contributed by atoms with Crippen LogP contribution in [0.2, 0.25) is 0 Å². The van der Waals surface area contributed by atoms with Gasteiger partial charge < -0.3 is 20.3 Å². The van der Waals surface area contributed by atoms with E-state index < -0.39 is 6.29 Å². The minimum atomic E-state index is -1.56. The van der Waals surface area contributed by atoms with Crippen LogP contribution in [0.3, 0.4) is 0 Å². The Labute approximate surface area is 210 Å². The van der Waals surface area contributed by atoms with Crippen LogP contribution in [0.4, 0.5) is 5.69 Å². The van der Waals surface area contributed by atoms with Gasteiger partial charge in [0.1, 0.15) is 0 Å². The smallest absolute Gasteiger partial charge is 0.625 e. The summed E-state index contributed by atoms with van der Waals surface area (Å²) in [6, 6.07) is 26.8. The largest absolute Gasteiger partial charge is 2.00 e. The Hall–Kier alpha value is -2.83. The van der Waals surface area contributed by atoms with Crippen molar-refractivity contribution in [1.29, 1.82) is 0 Å². The normalized spacial score (nSPS) is 16.3. The molecule has 0 saturated carbocycles. The van der Waals surface area contributed by atoms with E-state index in [4.69, 9.17) is 0 Å². The fourth-order valence-electron chi connectivity index (χ4n) is 4.18. The van der Waals surface area contributed by atoms with Gasteiger partial charge in [-0.1, -0.05) is 84.9 Å². The first kappa shape index (κ1) is 25.8. The van der Waals surface area contributed by atoms with Gasteiger partial charge >= 0.3 is 16.5 Å². The minimum Gasteiger partial charge on any atom is -0.625 e. The van der Waals surface area contributed by atoms with Crippen molar-refractivity contribution in [1.82, 2.24) is 4.90 Å². The zero-order valence-electron chi connectivity index (χ0n) is 18.7. The molecule has 1 amide bonds. The molecule has 2 N–H and O–H groups in total. The molecular formula is C27H28N3NiO3+. The second-order valence-corrected chi connectivity index (χ2v) is 8.12. The monoisotopic (exact) mass is 500 g/mol. The molecule has 0 bridgehead atoms. The fraction of sp³-hybridized carbons (Fsp3) is 0.259. The van der Waals surface area contributed by atoms with Crippen molar-refractivity contribution >= 4 is 17.3 Å². The van der Waals surface area contributed by atoms with Gasteiger partial charge in [-0.05, 0) is 30.5 Å². The van der Waals surface area contributed by atoms with E-state index >= 15 is 0 Å². The van der Waals surface area contributed by atoms with E-state index in [1.165, 1.54) is 5.56 Å². The molecule has 1 saturated heterocycles. The quantitative estimate of drug-likeness (QED) is 0.277. The van der Waals surface area contributed by atoms with Gasteiger partial charge in [-0.3, -0.25) is 9.89 Å². The summed E-state index contributed by atoms with van der Waals surface area (Å²) in [6.07, 6.45) is 0.193. The summed E-state index contributed by atoms with van der Waals surface area (Å²) in [7, 11) is 0. The second-order valence-electron chi connectivity index (χ2n) is 8.12. The molecule has 3 aromatic rings. The first-order chi connectivity index (χ1) is 16.1. The molecule has 0 aliphatic carbocycles. The molecular weight excluding hydrogens is 473 g/mol. The number of hydrogen-bond donors (Lipinski definition) is 2. The summed E-state index contributed by atoms with van der Waals surface area (Å²) in [4.78, 5) is 19.9. The Kier molecular flexibility index (Phi) is 9.55. The van der Waals surface area contributed by atoms with E-state index in [2.05, 4.69) is 27.3 Å². The number of aliphatic imine (C=N–C) groups is 1. The standard InChI is InChI=1S/C27H29N3O3.Ni/c31-25(32)18-28-26(21-12-5-2-6-13-21)22-14-7-8-15-23(22)29-27(33)24-16-9-17-30(24)19-20-10-3-1-4-11-20;/h1-8,10-15,24-25,31-32H,9,16-19H2,(H,28,29,33);/q;+2/p-1/t24-;/m0./s1. The summed E-state index contributed by atoms with van der Waals surface area (Å²) in [6.45, 7) is 1.42. The molecule has 0 unspecified atom stereocenters.